The number of nitrogens with one attached hydrogen (secondary N) is 2. The minimum Gasteiger partial charge on any atom is -0.497 e. The molecule has 2 N–H and O–H groups in total. The molecule has 146 valence electrons. The standard InChI is InChI=1S/C19H23BrN2O4S/c1-11(2)17(19(24)21-10-15-5-6-16(20)27-15)22-18(23)12-7-13(25-3)9-14(8-12)26-4/h5-9,11,17H,10H2,1-4H3,(H,21,24)(H,22,23). The number of hydrogen-bond acceptors (Lipinski definition) is 5. The average Bonchev–Trinajstić information content (AvgIpc) is 3.08. The fourth-order valence-electron chi connectivity index (χ4n) is 2.43. The molecule has 1 aromatic heterocycles. The summed E-state index contributed by atoms with van der Waals surface area (Å²) in [5, 5.41) is 5.69. The van der Waals surface area contributed by atoms with Gasteiger partial charge in [-0.1, -0.05) is 13.8 Å². The van der Waals surface area contributed by atoms with Crippen LogP contribution in [0.25, 0.3) is 0 Å². The summed E-state index contributed by atoms with van der Waals surface area (Å²) in [7, 11) is 3.04. The normalized spacial score (nSPS) is 11.8. The molecule has 1 atom stereocenters. The summed E-state index contributed by atoms with van der Waals surface area (Å²) in [6.07, 6.45) is 0. The zero-order chi connectivity index (χ0) is 20.0. The van der Waals surface area contributed by atoms with Gasteiger partial charge in [-0.25, -0.2) is 0 Å². The molecule has 0 saturated carbocycles. The van der Waals surface area contributed by atoms with Crippen molar-refractivity contribution in [3.8, 4) is 11.5 Å². The van der Waals surface area contributed by atoms with Gasteiger partial charge >= 0.3 is 0 Å². The van der Waals surface area contributed by atoms with E-state index in [4.69, 9.17) is 9.47 Å². The van der Waals surface area contributed by atoms with Crippen LogP contribution < -0.4 is 20.1 Å². The lowest BCUT2D eigenvalue weighted by atomic mass is 10.0. The van der Waals surface area contributed by atoms with Crippen molar-refractivity contribution in [3.63, 3.8) is 0 Å². The van der Waals surface area contributed by atoms with E-state index in [2.05, 4.69) is 26.6 Å². The van der Waals surface area contributed by atoms with E-state index in [-0.39, 0.29) is 17.7 Å². The van der Waals surface area contributed by atoms with Gasteiger partial charge in [0.05, 0.1) is 24.6 Å². The molecule has 0 radical (unpaired) electrons. The number of carbonyl (C=O) groups excluding carboxylic acids is 2. The SMILES string of the molecule is COc1cc(OC)cc(C(=O)NC(C(=O)NCc2ccc(Br)s2)C(C)C)c1. The molecule has 0 bridgehead atoms. The third-order valence-corrected chi connectivity index (χ3v) is 5.54. The number of methoxy groups -OCH3 is 2. The zero-order valence-corrected chi connectivity index (χ0v) is 18.1. The van der Waals surface area contributed by atoms with Crippen molar-refractivity contribution in [1.82, 2.24) is 10.6 Å². The highest BCUT2D eigenvalue weighted by atomic mass is 79.9. The lowest BCUT2D eigenvalue weighted by molar-refractivity contribution is -0.124. The van der Waals surface area contributed by atoms with E-state index < -0.39 is 6.04 Å². The molecule has 2 rings (SSSR count). The number of ether oxygens (including phenoxy) is 2. The summed E-state index contributed by atoms with van der Waals surface area (Å²) < 4.78 is 11.4. The third kappa shape index (κ3) is 5.97. The molecule has 1 aromatic carbocycles. The smallest absolute Gasteiger partial charge is 0.252 e. The predicted molar refractivity (Wildman–Crippen MR) is 110 cm³/mol. The Balaban J connectivity index is 2.08. The van der Waals surface area contributed by atoms with Crippen LogP contribution in [0.5, 0.6) is 11.5 Å². The number of hydrogen-bond donors (Lipinski definition) is 2. The van der Waals surface area contributed by atoms with Crippen LogP contribution in [0.15, 0.2) is 34.1 Å². The number of amides is 2. The summed E-state index contributed by atoms with van der Waals surface area (Å²) in [6, 6.07) is 8.12. The van der Waals surface area contributed by atoms with Gasteiger partial charge in [0, 0.05) is 16.5 Å². The van der Waals surface area contributed by atoms with Gasteiger partial charge in [-0.3, -0.25) is 9.59 Å². The Kier molecular flexibility index (Phi) is 7.67. The van der Waals surface area contributed by atoms with Gasteiger partial charge in [0.2, 0.25) is 5.91 Å². The maximum absolute atomic E-state index is 12.7. The Morgan fingerprint density at radius 3 is 2.22 bits per heavy atom. The first-order valence-electron chi connectivity index (χ1n) is 8.40. The fraction of sp³-hybridized carbons (Fsp3) is 0.368. The van der Waals surface area contributed by atoms with E-state index in [0.717, 1.165) is 8.66 Å². The molecule has 8 heteroatoms. The average molecular weight is 455 g/mol. The van der Waals surface area contributed by atoms with Crippen molar-refractivity contribution in [3.05, 3.63) is 44.6 Å². The van der Waals surface area contributed by atoms with Crippen LogP contribution in [0, 0.1) is 5.92 Å². The number of halogens is 1. The quantitative estimate of drug-likeness (QED) is 0.638. The Bertz CT molecular complexity index is 785. The van der Waals surface area contributed by atoms with Gasteiger partial charge in [0.15, 0.2) is 0 Å². The van der Waals surface area contributed by atoms with E-state index >= 15 is 0 Å². The van der Waals surface area contributed by atoms with Crippen LogP contribution in [0.3, 0.4) is 0 Å². The summed E-state index contributed by atoms with van der Waals surface area (Å²) >= 11 is 4.96. The van der Waals surface area contributed by atoms with Gasteiger partial charge in [0.1, 0.15) is 17.5 Å². The predicted octanol–water partition coefficient (Wildman–Crippen LogP) is 3.60. The van der Waals surface area contributed by atoms with Crippen molar-refractivity contribution in [2.45, 2.75) is 26.4 Å². The summed E-state index contributed by atoms with van der Waals surface area (Å²) in [5.74, 6) is 0.357. The lowest BCUT2D eigenvalue weighted by Crippen LogP contribution is -2.49. The van der Waals surface area contributed by atoms with Gasteiger partial charge < -0.3 is 20.1 Å². The first kappa shape index (κ1) is 21.2. The molecule has 0 spiro atoms. The van der Waals surface area contributed by atoms with Crippen LogP contribution in [-0.4, -0.2) is 32.1 Å². The third-order valence-electron chi connectivity index (χ3n) is 3.92. The van der Waals surface area contributed by atoms with Crippen molar-refractivity contribution >= 4 is 39.1 Å². The largest absolute Gasteiger partial charge is 0.497 e. The summed E-state index contributed by atoms with van der Waals surface area (Å²) in [5.41, 5.74) is 0.367. The minimum atomic E-state index is -0.655. The number of benzene rings is 1. The van der Waals surface area contributed by atoms with Crippen molar-refractivity contribution in [2.24, 2.45) is 5.92 Å². The molecule has 0 aliphatic carbocycles. The van der Waals surface area contributed by atoms with Gasteiger partial charge in [-0.05, 0) is 46.1 Å². The Morgan fingerprint density at radius 1 is 1.11 bits per heavy atom. The van der Waals surface area contributed by atoms with E-state index in [1.54, 1.807) is 29.5 Å². The first-order valence-corrected chi connectivity index (χ1v) is 10.0. The van der Waals surface area contributed by atoms with Gasteiger partial charge in [-0.15, -0.1) is 11.3 Å². The molecule has 0 aliphatic rings. The molecule has 0 aliphatic heterocycles. The van der Waals surface area contributed by atoms with Crippen molar-refractivity contribution < 1.29 is 19.1 Å². The van der Waals surface area contributed by atoms with Gasteiger partial charge in [-0.2, -0.15) is 0 Å². The van der Waals surface area contributed by atoms with Crippen molar-refractivity contribution in [1.29, 1.82) is 0 Å². The number of thiophene rings is 1. The van der Waals surface area contributed by atoms with E-state index in [1.807, 2.05) is 26.0 Å². The molecular formula is C19H23BrN2O4S. The van der Waals surface area contributed by atoms with E-state index in [0.29, 0.717) is 23.6 Å². The summed E-state index contributed by atoms with van der Waals surface area (Å²) in [6.45, 7) is 4.19. The number of carbonyl (C=O) groups is 2. The molecule has 0 saturated heterocycles. The van der Waals surface area contributed by atoms with E-state index in [9.17, 15) is 9.59 Å². The molecule has 1 heterocycles. The van der Waals surface area contributed by atoms with Crippen LogP contribution in [0.2, 0.25) is 0 Å². The highest BCUT2D eigenvalue weighted by Gasteiger charge is 2.25. The molecule has 1 unspecified atom stereocenters. The topological polar surface area (TPSA) is 76.7 Å². The first-order chi connectivity index (χ1) is 12.8. The van der Waals surface area contributed by atoms with Crippen LogP contribution in [0.4, 0.5) is 0 Å². The highest BCUT2D eigenvalue weighted by molar-refractivity contribution is 9.11. The molecule has 6 nitrogen and oxygen atoms in total. The monoisotopic (exact) mass is 454 g/mol. The Labute approximate surface area is 171 Å². The van der Waals surface area contributed by atoms with Crippen LogP contribution >= 0.6 is 27.3 Å². The maximum Gasteiger partial charge on any atom is 0.252 e. The lowest BCUT2D eigenvalue weighted by Gasteiger charge is -2.22. The Hall–Kier alpha value is -2.06. The second-order valence-corrected chi connectivity index (χ2v) is 8.77. The highest BCUT2D eigenvalue weighted by Crippen LogP contribution is 2.23. The van der Waals surface area contributed by atoms with Crippen LogP contribution in [0.1, 0.15) is 29.1 Å². The van der Waals surface area contributed by atoms with Gasteiger partial charge in [0.25, 0.3) is 5.91 Å². The molecule has 2 amide bonds. The second-order valence-electron chi connectivity index (χ2n) is 6.22. The molecule has 27 heavy (non-hydrogen) atoms. The maximum atomic E-state index is 12.7. The zero-order valence-electron chi connectivity index (χ0n) is 15.7. The minimum absolute atomic E-state index is 0.0727. The molecule has 0 fully saturated rings. The van der Waals surface area contributed by atoms with E-state index in [1.165, 1.54) is 14.2 Å². The summed E-state index contributed by atoms with van der Waals surface area (Å²) in [4.78, 5) is 26.3. The molecule has 2 aromatic rings. The van der Waals surface area contributed by atoms with Crippen molar-refractivity contribution in [2.75, 3.05) is 14.2 Å². The molecular weight excluding hydrogens is 432 g/mol. The van der Waals surface area contributed by atoms with Crippen LogP contribution in [-0.2, 0) is 11.3 Å². The number of rotatable bonds is 8. The fourth-order valence-corrected chi connectivity index (χ4v) is 3.85. The second kappa shape index (κ2) is 9.75. The Morgan fingerprint density at radius 2 is 1.74 bits per heavy atom.